The predicted octanol–water partition coefficient (Wildman–Crippen LogP) is 4.50. The lowest BCUT2D eigenvalue weighted by Gasteiger charge is -2.35. The molecule has 1 heterocycles. The molecule has 0 aliphatic carbocycles. The molecule has 0 saturated carbocycles. The van der Waals surface area contributed by atoms with E-state index in [1.165, 1.54) is 0 Å². The first kappa shape index (κ1) is 22.2. The fourth-order valence-electron chi connectivity index (χ4n) is 3.56. The van der Waals surface area contributed by atoms with Crippen molar-refractivity contribution in [3.8, 4) is 5.75 Å². The van der Waals surface area contributed by atoms with Crippen molar-refractivity contribution < 1.29 is 14.3 Å². The highest BCUT2D eigenvalue weighted by Gasteiger charge is 2.35. The third-order valence-corrected chi connectivity index (χ3v) is 5.58. The van der Waals surface area contributed by atoms with Crippen molar-refractivity contribution in [2.75, 3.05) is 18.1 Å². The van der Waals surface area contributed by atoms with E-state index in [9.17, 15) is 9.59 Å². The van der Waals surface area contributed by atoms with Gasteiger partial charge in [-0.25, -0.2) is 0 Å². The normalized spacial score (nSPS) is 14.7. The van der Waals surface area contributed by atoms with E-state index in [2.05, 4.69) is 26.1 Å². The van der Waals surface area contributed by atoms with Crippen LogP contribution < -0.4 is 15.0 Å². The Balaban J connectivity index is 1.77. The Labute approximate surface area is 183 Å². The zero-order valence-corrected chi connectivity index (χ0v) is 18.8. The summed E-state index contributed by atoms with van der Waals surface area (Å²) < 4.78 is 5.62. The van der Waals surface area contributed by atoms with Crippen LogP contribution in [-0.2, 0) is 21.4 Å². The van der Waals surface area contributed by atoms with Gasteiger partial charge >= 0.3 is 0 Å². The van der Waals surface area contributed by atoms with Crippen LogP contribution in [0.2, 0.25) is 5.02 Å². The summed E-state index contributed by atoms with van der Waals surface area (Å²) in [5.41, 5.74) is 2.76. The maximum absolute atomic E-state index is 13.0. The van der Waals surface area contributed by atoms with Gasteiger partial charge in [0.05, 0.1) is 5.69 Å². The second-order valence-electron chi connectivity index (χ2n) is 8.58. The molecule has 0 spiro atoms. The minimum atomic E-state index is -0.583. The molecule has 0 aromatic heterocycles. The molecule has 0 bridgehead atoms. The molecule has 0 radical (unpaired) electrons. The molecule has 6 heteroatoms. The first-order valence-corrected chi connectivity index (χ1v) is 10.7. The van der Waals surface area contributed by atoms with E-state index in [1.54, 1.807) is 4.90 Å². The van der Waals surface area contributed by atoms with Crippen molar-refractivity contribution in [1.29, 1.82) is 0 Å². The summed E-state index contributed by atoms with van der Waals surface area (Å²) in [5.74, 6) is 0.275. The first-order chi connectivity index (χ1) is 14.2. The lowest BCUT2D eigenvalue weighted by Crippen LogP contribution is -2.53. The molecule has 1 aliphatic rings. The number of anilines is 1. The number of benzene rings is 2. The SMILES string of the molecule is CCC(C(=O)NCCc1ccc(Cl)cc1)N1C(=O)COc2ccc(C(C)(C)C)cc21. The summed E-state index contributed by atoms with van der Waals surface area (Å²) in [6, 6.07) is 12.9. The Hall–Kier alpha value is -2.53. The van der Waals surface area contributed by atoms with Gasteiger partial charge < -0.3 is 10.1 Å². The minimum absolute atomic E-state index is 0.0591. The summed E-state index contributed by atoms with van der Waals surface area (Å²) in [7, 11) is 0. The zero-order chi connectivity index (χ0) is 21.9. The summed E-state index contributed by atoms with van der Waals surface area (Å²) in [4.78, 5) is 27.3. The molecule has 1 atom stereocenters. The number of halogens is 1. The van der Waals surface area contributed by atoms with E-state index < -0.39 is 6.04 Å². The standard InChI is InChI=1S/C24H29ClN2O3/c1-5-19(23(29)26-13-12-16-6-9-18(25)10-7-16)27-20-14-17(24(2,3)4)8-11-21(20)30-15-22(27)28/h6-11,14,19H,5,12-13,15H2,1-4H3,(H,26,29). The van der Waals surface area contributed by atoms with Gasteiger partial charge in [-0.05, 0) is 53.6 Å². The third kappa shape index (κ3) is 4.96. The largest absolute Gasteiger partial charge is 0.482 e. The number of amides is 2. The number of carbonyl (C=O) groups excluding carboxylic acids is 2. The van der Waals surface area contributed by atoms with Crippen LogP contribution in [0.25, 0.3) is 0 Å². The Morgan fingerprint density at radius 2 is 1.90 bits per heavy atom. The van der Waals surface area contributed by atoms with Crippen molar-refractivity contribution in [3.63, 3.8) is 0 Å². The predicted molar refractivity (Wildman–Crippen MR) is 120 cm³/mol. The second kappa shape index (κ2) is 9.09. The van der Waals surface area contributed by atoms with Gasteiger partial charge in [0, 0.05) is 11.6 Å². The van der Waals surface area contributed by atoms with Gasteiger partial charge in [0.1, 0.15) is 11.8 Å². The lowest BCUT2D eigenvalue weighted by atomic mass is 9.86. The number of hydrogen-bond donors (Lipinski definition) is 1. The first-order valence-electron chi connectivity index (χ1n) is 10.3. The van der Waals surface area contributed by atoms with E-state index in [4.69, 9.17) is 16.3 Å². The van der Waals surface area contributed by atoms with E-state index in [0.717, 1.165) is 11.1 Å². The highest BCUT2D eigenvalue weighted by Crippen LogP contribution is 2.37. The van der Waals surface area contributed by atoms with Crippen molar-refractivity contribution in [2.24, 2.45) is 0 Å². The van der Waals surface area contributed by atoms with Crippen LogP contribution >= 0.6 is 11.6 Å². The van der Waals surface area contributed by atoms with Crippen LogP contribution in [0.5, 0.6) is 5.75 Å². The van der Waals surface area contributed by atoms with Crippen LogP contribution in [0.1, 0.15) is 45.2 Å². The highest BCUT2D eigenvalue weighted by atomic mass is 35.5. The van der Waals surface area contributed by atoms with Crippen LogP contribution in [-0.4, -0.2) is 31.0 Å². The molecule has 1 unspecified atom stereocenters. The van der Waals surface area contributed by atoms with E-state index in [0.29, 0.717) is 35.8 Å². The van der Waals surface area contributed by atoms with Crippen molar-refractivity contribution in [3.05, 3.63) is 58.6 Å². The van der Waals surface area contributed by atoms with E-state index in [-0.39, 0.29) is 23.8 Å². The molecular weight excluding hydrogens is 400 g/mol. The molecule has 5 nitrogen and oxygen atoms in total. The quantitative estimate of drug-likeness (QED) is 0.736. The number of fused-ring (bicyclic) bond motifs is 1. The summed E-state index contributed by atoms with van der Waals surface area (Å²) in [6.07, 6.45) is 1.21. The lowest BCUT2D eigenvalue weighted by molar-refractivity contribution is -0.127. The van der Waals surface area contributed by atoms with E-state index >= 15 is 0 Å². The summed E-state index contributed by atoms with van der Waals surface area (Å²) in [5, 5.41) is 3.67. The molecule has 0 saturated heterocycles. The van der Waals surface area contributed by atoms with Crippen LogP contribution in [0.3, 0.4) is 0 Å². The van der Waals surface area contributed by atoms with Crippen molar-refractivity contribution in [1.82, 2.24) is 5.32 Å². The monoisotopic (exact) mass is 428 g/mol. The smallest absolute Gasteiger partial charge is 0.265 e. The zero-order valence-electron chi connectivity index (χ0n) is 18.0. The third-order valence-electron chi connectivity index (χ3n) is 5.33. The van der Waals surface area contributed by atoms with Crippen molar-refractivity contribution >= 4 is 29.1 Å². The summed E-state index contributed by atoms with van der Waals surface area (Å²) >= 11 is 5.92. The average molecular weight is 429 g/mol. The molecular formula is C24H29ClN2O3. The highest BCUT2D eigenvalue weighted by molar-refractivity contribution is 6.30. The molecule has 2 aromatic rings. The molecule has 30 heavy (non-hydrogen) atoms. The van der Waals surface area contributed by atoms with Crippen LogP contribution in [0.15, 0.2) is 42.5 Å². The van der Waals surface area contributed by atoms with Gasteiger partial charge in [0.15, 0.2) is 6.61 Å². The van der Waals surface area contributed by atoms with Gasteiger partial charge in [-0.15, -0.1) is 0 Å². The van der Waals surface area contributed by atoms with Crippen LogP contribution in [0.4, 0.5) is 5.69 Å². The van der Waals surface area contributed by atoms with Gasteiger partial charge in [-0.1, -0.05) is 57.5 Å². The average Bonchev–Trinajstić information content (AvgIpc) is 2.70. The molecule has 0 fully saturated rings. The molecule has 160 valence electrons. The fourth-order valence-corrected chi connectivity index (χ4v) is 3.69. The number of hydrogen-bond acceptors (Lipinski definition) is 3. The van der Waals surface area contributed by atoms with Crippen molar-refractivity contribution in [2.45, 2.75) is 52.0 Å². The molecule has 1 N–H and O–H groups in total. The number of rotatable bonds is 6. The topological polar surface area (TPSA) is 58.6 Å². The Morgan fingerprint density at radius 3 is 2.53 bits per heavy atom. The Kier molecular flexibility index (Phi) is 6.71. The number of nitrogens with one attached hydrogen (secondary N) is 1. The van der Waals surface area contributed by atoms with Gasteiger partial charge in [-0.2, -0.15) is 0 Å². The van der Waals surface area contributed by atoms with Crippen LogP contribution in [0, 0.1) is 0 Å². The van der Waals surface area contributed by atoms with Gasteiger partial charge in [0.25, 0.3) is 5.91 Å². The second-order valence-corrected chi connectivity index (χ2v) is 9.01. The minimum Gasteiger partial charge on any atom is -0.482 e. The molecule has 3 rings (SSSR count). The maximum atomic E-state index is 13.0. The summed E-state index contributed by atoms with van der Waals surface area (Å²) in [6.45, 7) is 8.70. The maximum Gasteiger partial charge on any atom is 0.265 e. The van der Waals surface area contributed by atoms with Gasteiger partial charge in [0.2, 0.25) is 5.91 Å². The number of ether oxygens (including phenoxy) is 1. The number of nitrogens with zero attached hydrogens (tertiary/aromatic N) is 1. The van der Waals surface area contributed by atoms with E-state index in [1.807, 2.05) is 49.4 Å². The molecule has 2 amide bonds. The Bertz CT molecular complexity index is 919. The molecule has 2 aromatic carbocycles. The fraction of sp³-hybridized carbons (Fsp3) is 0.417. The molecule has 1 aliphatic heterocycles. The number of carbonyl (C=O) groups is 2. The van der Waals surface area contributed by atoms with Gasteiger partial charge in [-0.3, -0.25) is 14.5 Å². The Morgan fingerprint density at radius 1 is 1.20 bits per heavy atom.